The highest BCUT2D eigenvalue weighted by Gasteiger charge is 2.43. The van der Waals surface area contributed by atoms with Gasteiger partial charge in [0.05, 0.1) is 0 Å². The van der Waals surface area contributed by atoms with Gasteiger partial charge in [-0.05, 0) is 57.1 Å². The van der Waals surface area contributed by atoms with Gasteiger partial charge in [0, 0.05) is 17.7 Å². The van der Waals surface area contributed by atoms with E-state index in [0.717, 1.165) is 16.7 Å². The van der Waals surface area contributed by atoms with Gasteiger partial charge in [0.1, 0.15) is 18.0 Å². The molecule has 5 nitrogen and oxygen atoms in total. The third-order valence-corrected chi connectivity index (χ3v) is 6.66. The Morgan fingerprint density at radius 3 is 2.15 bits per heavy atom. The standard InChI is InChI=1S/C29H23N3O2/c30-28(31)19-8-6-17(7-9-19)16-32-29(33)21-11-13-23-25(15-21)27-24-14-20(18-4-2-1-3-5-18)10-12-22(24)26(23)34-27/h1-15,26-27H,16H2,(H3,30,31)(H,32,33). The van der Waals surface area contributed by atoms with Gasteiger partial charge in [0.25, 0.3) is 5.91 Å². The lowest BCUT2D eigenvalue weighted by Crippen LogP contribution is -2.23. The lowest BCUT2D eigenvalue weighted by molar-refractivity contribution is 0.0857. The second kappa shape index (κ2) is 7.97. The molecule has 2 aliphatic heterocycles. The monoisotopic (exact) mass is 445 g/mol. The number of nitrogens with two attached hydrogens (primary N) is 1. The van der Waals surface area contributed by atoms with Crippen molar-refractivity contribution in [3.63, 3.8) is 0 Å². The van der Waals surface area contributed by atoms with Crippen molar-refractivity contribution in [3.8, 4) is 11.1 Å². The number of nitrogen functional groups attached to an aromatic ring is 1. The van der Waals surface area contributed by atoms with Crippen molar-refractivity contribution in [3.05, 3.63) is 130 Å². The van der Waals surface area contributed by atoms with Crippen LogP contribution in [0, 0.1) is 5.41 Å². The van der Waals surface area contributed by atoms with E-state index in [0.29, 0.717) is 17.7 Å². The van der Waals surface area contributed by atoms with Crippen molar-refractivity contribution in [1.29, 1.82) is 5.41 Å². The van der Waals surface area contributed by atoms with E-state index in [9.17, 15) is 4.79 Å². The molecule has 2 bridgehead atoms. The topological polar surface area (TPSA) is 88.2 Å². The Morgan fingerprint density at radius 2 is 1.41 bits per heavy atom. The Balaban J connectivity index is 1.22. The summed E-state index contributed by atoms with van der Waals surface area (Å²) in [7, 11) is 0. The number of ether oxygens (including phenoxy) is 1. The van der Waals surface area contributed by atoms with Crippen LogP contribution in [-0.2, 0) is 11.3 Å². The van der Waals surface area contributed by atoms with Gasteiger partial charge in [0.2, 0.25) is 0 Å². The number of nitrogens with one attached hydrogen (secondary N) is 2. The molecule has 2 heterocycles. The molecule has 0 fully saturated rings. The van der Waals surface area contributed by atoms with Crippen LogP contribution in [0.15, 0.2) is 91.0 Å². The summed E-state index contributed by atoms with van der Waals surface area (Å²) < 4.78 is 6.34. The van der Waals surface area contributed by atoms with Gasteiger partial charge in [-0.2, -0.15) is 0 Å². The van der Waals surface area contributed by atoms with Crippen LogP contribution in [0.2, 0.25) is 0 Å². The zero-order valence-electron chi connectivity index (χ0n) is 18.4. The van der Waals surface area contributed by atoms with Crippen LogP contribution in [0.25, 0.3) is 11.1 Å². The third-order valence-electron chi connectivity index (χ3n) is 6.66. The van der Waals surface area contributed by atoms with Gasteiger partial charge in [-0.15, -0.1) is 0 Å². The summed E-state index contributed by atoms with van der Waals surface area (Å²) in [4.78, 5) is 12.9. The number of fused-ring (bicyclic) bond motifs is 8. The van der Waals surface area contributed by atoms with E-state index < -0.39 is 0 Å². The van der Waals surface area contributed by atoms with E-state index in [4.69, 9.17) is 15.9 Å². The summed E-state index contributed by atoms with van der Waals surface area (Å²) in [6.45, 7) is 0.403. The largest absolute Gasteiger partial charge is 0.384 e. The highest BCUT2D eigenvalue weighted by atomic mass is 16.5. The minimum absolute atomic E-state index is 0.0303. The quantitative estimate of drug-likeness (QED) is 0.295. The lowest BCUT2D eigenvalue weighted by Gasteiger charge is -2.18. The number of carbonyl (C=O) groups is 1. The molecule has 0 radical (unpaired) electrons. The number of benzene rings is 4. The minimum atomic E-state index is -0.148. The zero-order valence-corrected chi connectivity index (χ0v) is 18.4. The van der Waals surface area contributed by atoms with Gasteiger partial charge in [-0.3, -0.25) is 10.2 Å². The number of hydrogen-bond donors (Lipinski definition) is 3. The molecule has 0 saturated carbocycles. The average molecular weight is 446 g/mol. The van der Waals surface area contributed by atoms with Crippen LogP contribution >= 0.6 is 0 Å². The zero-order chi connectivity index (χ0) is 23.2. The highest BCUT2D eigenvalue weighted by molar-refractivity contribution is 5.95. The Kier molecular flexibility index (Phi) is 4.78. The van der Waals surface area contributed by atoms with Crippen LogP contribution in [0.4, 0.5) is 0 Å². The molecule has 2 atom stereocenters. The summed E-state index contributed by atoms with van der Waals surface area (Å²) in [6.07, 6.45) is -0.220. The molecule has 2 unspecified atom stereocenters. The van der Waals surface area contributed by atoms with Crippen molar-refractivity contribution >= 4 is 11.7 Å². The van der Waals surface area contributed by atoms with Gasteiger partial charge in [0.15, 0.2) is 0 Å². The van der Waals surface area contributed by atoms with E-state index in [1.165, 1.54) is 22.3 Å². The summed E-state index contributed by atoms with van der Waals surface area (Å²) >= 11 is 0. The predicted molar refractivity (Wildman–Crippen MR) is 132 cm³/mol. The Labute approximate surface area is 197 Å². The van der Waals surface area contributed by atoms with E-state index in [2.05, 4.69) is 35.6 Å². The van der Waals surface area contributed by atoms with Crippen molar-refractivity contribution in [2.24, 2.45) is 5.73 Å². The van der Waals surface area contributed by atoms with Gasteiger partial charge >= 0.3 is 0 Å². The first-order chi connectivity index (χ1) is 16.6. The van der Waals surface area contributed by atoms with Crippen LogP contribution in [-0.4, -0.2) is 11.7 Å². The maximum absolute atomic E-state index is 12.9. The molecule has 6 rings (SSSR count). The normalized spacial score (nSPS) is 17.2. The number of hydrogen-bond acceptors (Lipinski definition) is 3. The van der Waals surface area contributed by atoms with Gasteiger partial charge in [-0.1, -0.05) is 72.8 Å². The summed E-state index contributed by atoms with van der Waals surface area (Å²) in [5.41, 5.74) is 14.7. The summed E-state index contributed by atoms with van der Waals surface area (Å²) in [6, 6.07) is 30.0. The minimum Gasteiger partial charge on any atom is -0.384 e. The summed E-state index contributed by atoms with van der Waals surface area (Å²) in [5, 5.41) is 10.5. The van der Waals surface area contributed by atoms with Crippen molar-refractivity contribution < 1.29 is 9.53 Å². The van der Waals surface area contributed by atoms with Crippen molar-refractivity contribution in [2.75, 3.05) is 0 Å². The van der Waals surface area contributed by atoms with Crippen LogP contribution in [0.1, 0.15) is 55.9 Å². The van der Waals surface area contributed by atoms with Gasteiger partial charge in [-0.25, -0.2) is 0 Å². The number of carbonyl (C=O) groups excluding carboxylic acids is 1. The molecule has 5 heteroatoms. The molecule has 4 aromatic rings. The third kappa shape index (κ3) is 3.38. The molecule has 0 aromatic heterocycles. The maximum atomic E-state index is 12.9. The van der Waals surface area contributed by atoms with Crippen LogP contribution in [0.5, 0.6) is 0 Å². The van der Waals surface area contributed by atoms with Crippen molar-refractivity contribution in [2.45, 2.75) is 18.8 Å². The second-order valence-corrected chi connectivity index (χ2v) is 8.74. The summed E-state index contributed by atoms with van der Waals surface area (Å²) in [5.74, 6) is -0.0952. The number of rotatable bonds is 5. The van der Waals surface area contributed by atoms with E-state index in [1.54, 1.807) is 12.1 Å². The molecule has 4 aromatic carbocycles. The van der Waals surface area contributed by atoms with Crippen molar-refractivity contribution in [1.82, 2.24) is 5.32 Å². The Morgan fingerprint density at radius 1 is 0.765 bits per heavy atom. The molecular weight excluding hydrogens is 422 g/mol. The Hall–Kier alpha value is -4.22. The molecule has 166 valence electrons. The van der Waals surface area contributed by atoms with Gasteiger partial charge < -0.3 is 15.8 Å². The first-order valence-electron chi connectivity index (χ1n) is 11.3. The second-order valence-electron chi connectivity index (χ2n) is 8.74. The van der Waals surface area contributed by atoms with E-state index in [-0.39, 0.29) is 24.0 Å². The molecular formula is C29H23N3O2. The van der Waals surface area contributed by atoms with Crippen LogP contribution in [0.3, 0.4) is 0 Å². The molecule has 34 heavy (non-hydrogen) atoms. The SMILES string of the molecule is N=C(N)c1ccc(CNC(=O)c2ccc3c(c2)C2OC3c3ccc(-c4ccccc4)cc32)cc1. The molecule has 0 aliphatic carbocycles. The Bertz CT molecular complexity index is 1430. The first-order valence-corrected chi connectivity index (χ1v) is 11.3. The molecule has 4 N–H and O–H groups in total. The number of amidine groups is 1. The lowest BCUT2D eigenvalue weighted by atomic mass is 9.84. The molecule has 0 spiro atoms. The fourth-order valence-electron chi connectivity index (χ4n) is 4.88. The fourth-order valence-corrected chi connectivity index (χ4v) is 4.88. The van der Waals surface area contributed by atoms with Crippen LogP contribution < -0.4 is 11.1 Å². The highest BCUT2D eigenvalue weighted by Crippen LogP contribution is 2.54. The smallest absolute Gasteiger partial charge is 0.251 e. The predicted octanol–water partition coefficient (Wildman–Crippen LogP) is 5.09. The van der Waals surface area contributed by atoms with E-state index in [1.807, 2.05) is 48.5 Å². The molecule has 2 aliphatic rings. The maximum Gasteiger partial charge on any atom is 0.251 e. The van der Waals surface area contributed by atoms with E-state index >= 15 is 0 Å². The molecule has 1 amide bonds. The average Bonchev–Trinajstić information content (AvgIpc) is 3.45. The molecule has 0 saturated heterocycles. The number of amides is 1. The fraction of sp³-hybridized carbons (Fsp3) is 0.103. The first kappa shape index (κ1) is 20.4.